The number of para-hydroxylation sites is 1. The molecule has 0 amide bonds. The Kier molecular flexibility index (Phi) is 6.61. The van der Waals surface area contributed by atoms with Crippen molar-refractivity contribution in [3.8, 4) is 17.6 Å². The lowest BCUT2D eigenvalue weighted by atomic mass is 10.0. The second kappa shape index (κ2) is 9.92. The van der Waals surface area contributed by atoms with Crippen LogP contribution in [-0.2, 0) is 4.79 Å². The van der Waals surface area contributed by atoms with Gasteiger partial charge in [0.1, 0.15) is 17.3 Å². The van der Waals surface area contributed by atoms with Gasteiger partial charge >= 0.3 is 5.97 Å². The Morgan fingerprint density at radius 1 is 1.03 bits per heavy atom. The maximum atomic E-state index is 13.8. The molecule has 1 saturated heterocycles. The van der Waals surface area contributed by atoms with Gasteiger partial charge in [-0.3, -0.25) is 4.79 Å². The zero-order valence-corrected chi connectivity index (χ0v) is 17.7. The van der Waals surface area contributed by atoms with Crippen LogP contribution in [0.1, 0.15) is 31.0 Å². The monoisotopic (exact) mass is 430 g/mol. The molecule has 1 aliphatic rings. The van der Waals surface area contributed by atoms with Crippen LogP contribution in [0.15, 0.2) is 60.7 Å². The van der Waals surface area contributed by atoms with E-state index in [0.29, 0.717) is 17.1 Å². The molecule has 3 aromatic rings. The van der Waals surface area contributed by atoms with Gasteiger partial charge in [-0.1, -0.05) is 18.1 Å². The van der Waals surface area contributed by atoms with Crippen molar-refractivity contribution < 1.29 is 13.9 Å². The number of halogens is 1. The van der Waals surface area contributed by atoms with Gasteiger partial charge in [-0.15, -0.1) is 10.2 Å². The minimum atomic E-state index is -0.357. The molecule has 7 heteroatoms. The Bertz CT molecular complexity index is 1130. The molecule has 162 valence electrons. The number of hydrogen-bond donors (Lipinski definition) is 1. The normalized spacial score (nSPS) is 13.8. The summed E-state index contributed by atoms with van der Waals surface area (Å²) < 4.78 is 18.8. The highest BCUT2D eigenvalue weighted by Gasteiger charge is 2.21. The second-order valence-electron chi connectivity index (χ2n) is 7.53. The molecular weight excluding hydrogens is 407 g/mol. The van der Waals surface area contributed by atoms with E-state index in [2.05, 4.69) is 32.3 Å². The fourth-order valence-electron chi connectivity index (χ4n) is 3.52. The van der Waals surface area contributed by atoms with Crippen molar-refractivity contribution in [2.75, 3.05) is 23.3 Å². The van der Waals surface area contributed by atoms with E-state index >= 15 is 0 Å². The molecular formula is C25H23FN4O2. The van der Waals surface area contributed by atoms with Crippen LogP contribution in [0.25, 0.3) is 0 Å². The van der Waals surface area contributed by atoms with Crippen LogP contribution in [0.5, 0.6) is 5.75 Å². The summed E-state index contributed by atoms with van der Waals surface area (Å²) in [4.78, 5) is 13.1. The molecule has 0 bridgehead atoms. The number of nitrogens with one attached hydrogen (secondary N) is 1. The minimum absolute atomic E-state index is 0.224. The number of esters is 1. The molecule has 0 unspecified atom stereocenters. The average Bonchev–Trinajstić information content (AvgIpc) is 2.81. The van der Waals surface area contributed by atoms with Gasteiger partial charge in [-0.05, 0) is 67.3 Å². The SMILES string of the molecule is CC(=O)Oc1ccc(C#Cc2ccc(N3CCC(Nc4ccccc4F)CC3)nn2)cc1. The largest absolute Gasteiger partial charge is 0.427 e. The summed E-state index contributed by atoms with van der Waals surface area (Å²) in [5, 5.41) is 11.8. The van der Waals surface area contributed by atoms with E-state index in [1.807, 2.05) is 18.2 Å². The standard InChI is InChI=1S/C25H23FN4O2/c1-18(31)32-22-11-7-19(8-12-22)6-9-21-10-13-25(29-28-21)30-16-14-20(15-17-30)27-24-5-3-2-4-23(24)26/h2-5,7-8,10-13,20,27H,14-17H2,1H3. The lowest BCUT2D eigenvalue weighted by Crippen LogP contribution is -2.39. The molecule has 1 fully saturated rings. The third-order valence-corrected chi connectivity index (χ3v) is 5.15. The highest BCUT2D eigenvalue weighted by Crippen LogP contribution is 2.22. The van der Waals surface area contributed by atoms with E-state index < -0.39 is 0 Å². The fourth-order valence-corrected chi connectivity index (χ4v) is 3.52. The smallest absolute Gasteiger partial charge is 0.308 e. The van der Waals surface area contributed by atoms with Crippen LogP contribution in [0.4, 0.5) is 15.9 Å². The maximum absolute atomic E-state index is 13.8. The van der Waals surface area contributed by atoms with Gasteiger partial charge in [-0.25, -0.2) is 4.39 Å². The van der Waals surface area contributed by atoms with Crippen LogP contribution in [0.2, 0.25) is 0 Å². The number of carbonyl (C=O) groups excluding carboxylic acids is 1. The van der Waals surface area contributed by atoms with Crippen molar-refractivity contribution >= 4 is 17.5 Å². The van der Waals surface area contributed by atoms with Gasteiger partial charge in [0.15, 0.2) is 5.82 Å². The van der Waals surface area contributed by atoms with E-state index in [-0.39, 0.29) is 17.8 Å². The van der Waals surface area contributed by atoms with E-state index in [0.717, 1.165) is 37.3 Å². The fraction of sp³-hybridized carbons (Fsp3) is 0.240. The summed E-state index contributed by atoms with van der Waals surface area (Å²) >= 11 is 0. The van der Waals surface area contributed by atoms with Crippen LogP contribution < -0.4 is 15.0 Å². The predicted octanol–water partition coefficient (Wildman–Crippen LogP) is 4.02. The molecule has 0 atom stereocenters. The maximum Gasteiger partial charge on any atom is 0.308 e. The Labute approximate surface area is 186 Å². The molecule has 0 spiro atoms. The van der Waals surface area contributed by atoms with E-state index in [4.69, 9.17) is 4.74 Å². The Morgan fingerprint density at radius 2 is 1.78 bits per heavy atom. The molecule has 2 heterocycles. The van der Waals surface area contributed by atoms with Crippen LogP contribution >= 0.6 is 0 Å². The number of nitrogens with zero attached hydrogens (tertiary/aromatic N) is 3. The number of piperidine rings is 1. The van der Waals surface area contributed by atoms with Gasteiger partial charge in [0.2, 0.25) is 0 Å². The number of benzene rings is 2. The van der Waals surface area contributed by atoms with Crippen LogP contribution in [0.3, 0.4) is 0 Å². The minimum Gasteiger partial charge on any atom is -0.427 e. The average molecular weight is 430 g/mol. The number of hydrogen-bond acceptors (Lipinski definition) is 6. The topological polar surface area (TPSA) is 67.3 Å². The predicted molar refractivity (Wildman–Crippen MR) is 121 cm³/mol. The summed E-state index contributed by atoms with van der Waals surface area (Å²) in [6.45, 7) is 3.00. The molecule has 32 heavy (non-hydrogen) atoms. The molecule has 1 N–H and O–H groups in total. The van der Waals surface area contributed by atoms with Crippen molar-refractivity contribution in [1.29, 1.82) is 0 Å². The first-order chi connectivity index (χ1) is 15.6. The van der Waals surface area contributed by atoms with Crippen molar-refractivity contribution in [2.45, 2.75) is 25.8 Å². The highest BCUT2D eigenvalue weighted by molar-refractivity contribution is 5.69. The zero-order chi connectivity index (χ0) is 22.3. The number of carbonyl (C=O) groups is 1. The van der Waals surface area contributed by atoms with Gasteiger partial charge in [0.05, 0.1) is 5.69 Å². The third-order valence-electron chi connectivity index (χ3n) is 5.15. The second-order valence-corrected chi connectivity index (χ2v) is 7.53. The highest BCUT2D eigenvalue weighted by atomic mass is 19.1. The van der Waals surface area contributed by atoms with Crippen molar-refractivity contribution in [3.05, 3.63) is 77.7 Å². The van der Waals surface area contributed by atoms with E-state index in [1.54, 1.807) is 36.4 Å². The van der Waals surface area contributed by atoms with Gasteiger partial charge in [0.25, 0.3) is 0 Å². The summed E-state index contributed by atoms with van der Waals surface area (Å²) in [5.74, 6) is 6.74. The first-order valence-electron chi connectivity index (χ1n) is 10.5. The molecule has 0 radical (unpaired) electrons. The summed E-state index contributed by atoms with van der Waals surface area (Å²) in [5.41, 5.74) is 1.92. The van der Waals surface area contributed by atoms with Crippen molar-refractivity contribution in [3.63, 3.8) is 0 Å². The molecule has 1 aromatic heterocycles. The molecule has 6 nitrogen and oxygen atoms in total. The van der Waals surface area contributed by atoms with E-state index in [1.165, 1.54) is 13.0 Å². The lowest BCUT2D eigenvalue weighted by molar-refractivity contribution is -0.131. The first-order valence-corrected chi connectivity index (χ1v) is 10.5. The Balaban J connectivity index is 1.31. The van der Waals surface area contributed by atoms with Crippen LogP contribution in [0, 0.1) is 17.7 Å². The molecule has 1 aliphatic heterocycles. The van der Waals surface area contributed by atoms with E-state index in [9.17, 15) is 9.18 Å². The number of aromatic nitrogens is 2. The van der Waals surface area contributed by atoms with Gasteiger partial charge in [-0.2, -0.15) is 0 Å². The van der Waals surface area contributed by atoms with Gasteiger partial charge in [0, 0.05) is 31.6 Å². The van der Waals surface area contributed by atoms with Crippen molar-refractivity contribution in [2.24, 2.45) is 0 Å². The molecule has 0 aliphatic carbocycles. The number of ether oxygens (including phenoxy) is 1. The quantitative estimate of drug-likeness (QED) is 0.383. The molecule has 2 aromatic carbocycles. The third kappa shape index (κ3) is 5.61. The summed E-state index contributed by atoms with van der Waals surface area (Å²) in [6.07, 6.45) is 1.78. The summed E-state index contributed by atoms with van der Waals surface area (Å²) in [6, 6.07) is 17.7. The van der Waals surface area contributed by atoms with Gasteiger partial charge < -0.3 is 15.0 Å². The Morgan fingerprint density at radius 3 is 2.44 bits per heavy atom. The number of rotatable bonds is 4. The van der Waals surface area contributed by atoms with Crippen LogP contribution in [-0.4, -0.2) is 35.3 Å². The Hall–Kier alpha value is -3.92. The van der Waals surface area contributed by atoms with Crippen molar-refractivity contribution in [1.82, 2.24) is 10.2 Å². The number of anilines is 2. The summed E-state index contributed by atoms with van der Waals surface area (Å²) in [7, 11) is 0. The zero-order valence-electron chi connectivity index (χ0n) is 17.7. The first kappa shape index (κ1) is 21.3. The lowest BCUT2D eigenvalue weighted by Gasteiger charge is -2.33. The molecule has 4 rings (SSSR count). The molecule has 0 saturated carbocycles.